The van der Waals surface area contributed by atoms with E-state index in [1.165, 1.54) is 0 Å². The molecule has 0 spiro atoms. The average molecular weight is 444 g/mol. The summed E-state index contributed by atoms with van der Waals surface area (Å²) in [7, 11) is -2.13. The van der Waals surface area contributed by atoms with E-state index in [0.29, 0.717) is 5.11 Å². The van der Waals surface area contributed by atoms with Gasteiger partial charge in [0.1, 0.15) is 7.36 Å². The molecule has 1 aromatic heterocycles. The average Bonchev–Trinajstić information content (AvgIpc) is 3.20. The van der Waals surface area contributed by atoms with Crippen molar-refractivity contribution in [3.8, 4) is 0 Å². The van der Waals surface area contributed by atoms with Crippen LogP contribution in [0, 0.1) is 0 Å². The van der Waals surface area contributed by atoms with E-state index in [1.807, 2.05) is 17.5 Å². The van der Waals surface area contributed by atoms with E-state index >= 15 is 0 Å². The number of hydrazone groups is 1. The maximum Gasteiger partial charge on any atom is 0.214 e. The second-order valence-corrected chi connectivity index (χ2v) is 12.8. The maximum absolute atomic E-state index is 5.63. The zero-order valence-corrected chi connectivity index (χ0v) is 19.4. The lowest BCUT2D eigenvalue weighted by Gasteiger charge is -2.52. The van der Waals surface area contributed by atoms with E-state index < -0.39 is 7.36 Å². The number of thiocarbonyl (C=S) groups is 1. The third kappa shape index (κ3) is 5.08. The molecule has 3 heterocycles. The molecule has 0 unspecified atom stereocenters. The van der Waals surface area contributed by atoms with Crippen LogP contribution in [0.3, 0.4) is 0 Å². The molecule has 0 amide bonds. The van der Waals surface area contributed by atoms with Gasteiger partial charge in [0, 0.05) is 36.2 Å². The first-order chi connectivity index (χ1) is 13.4. The molecule has 0 saturated carbocycles. The Bertz CT molecular complexity index is 699. The van der Waals surface area contributed by atoms with E-state index in [9.17, 15) is 0 Å². The lowest BCUT2D eigenvalue weighted by molar-refractivity contribution is 0.0551. The Morgan fingerprint density at radius 3 is 2.18 bits per heavy atom. The lowest BCUT2D eigenvalue weighted by atomic mass is 10.3. The van der Waals surface area contributed by atoms with Gasteiger partial charge in [0.25, 0.3) is 0 Å². The Kier molecular flexibility index (Phi) is 7.78. The molecule has 2 aliphatic rings. The zero-order valence-electron chi connectivity index (χ0n) is 16.8. The second-order valence-electron chi connectivity index (χ2n) is 7.66. The van der Waals surface area contributed by atoms with Crippen molar-refractivity contribution in [3.05, 3.63) is 22.4 Å². The summed E-state index contributed by atoms with van der Waals surface area (Å²) in [6, 6.07) is 4.02. The monoisotopic (exact) mass is 443 g/mol. The minimum atomic E-state index is -2.13. The predicted molar refractivity (Wildman–Crippen MR) is 122 cm³/mol. The number of hydrogen-bond donors (Lipinski definition) is 1. The van der Waals surface area contributed by atoms with E-state index in [2.05, 4.69) is 40.6 Å². The summed E-state index contributed by atoms with van der Waals surface area (Å²) >= 11 is 7.27. The van der Waals surface area contributed by atoms with Gasteiger partial charge < -0.3 is 9.47 Å². The fourth-order valence-corrected chi connectivity index (χ4v) is 8.96. The van der Waals surface area contributed by atoms with Gasteiger partial charge in [-0.05, 0) is 23.7 Å². The van der Waals surface area contributed by atoms with Crippen molar-refractivity contribution >= 4 is 42.2 Å². The van der Waals surface area contributed by atoms with Crippen molar-refractivity contribution in [2.45, 2.75) is 25.9 Å². The molecular weight excluding hydrogens is 413 g/mol. The van der Waals surface area contributed by atoms with Crippen LogP contribution in [0.2, 0.25) is 0 Å². The SMILES string of the molecule is CC(C)(C)P(=NC(=S)N/N=C\c1cccs1)(N1CCOCC1)N1CCOCC1. The molecular formula is C18H30N5O2PS2. The molecule has 2 saturated heterocycles. The van der Waals surface area contributed by atoms with Gasteiger partial charge in [-0.15, -0.1) is 11.3 Å². The van der Waals surface area contributed by atoms with Crippen LogP contribution in [0.1, 0.15) is 25.6 Å². The second kappa shape index (κ2) is 9.89. The normalized spacial score (nSPS) is 20.4. The number of morpholine rings is 2. The fourth-order valence-electron chi connectivity index (χ4n) is 3.63. The summed E-state index contributed by atoms with van der Waals surface area (Å²) in [5.74, 6) is 0. The third-order valence-corrected chi connectivity index (χ3v) is 10.6. The molecule has 28 heavy (non-hydrogen) atoms. The predicted octanol–water partition coefficient (Wildman–Crippen LogP) is 3.45. The number of nitrogens with one attached hydrogen (secondary N) is 1. The first-order valence-corrected chi connectivity index (χ1v) is 12.5. The fraction of sp³-hybridized carbons (Fsp3) is 0.667. The van der Waals surface area contributed by atoms with Crippen LogP contribution in [-0.4, -0.2) is 78.4 Å². The van der Waals surface area contributed by atoms with E-state index in [-0.39, 0.29) is 5.16 Å². The highest BCUT2D eigenvalue weighted by Gasteiger charge is 2.45. The van der Waals surface area contributed by atoms with Gasteiger partial charge in [0.05, 0.1) is 32.6 Å². The minimum absolute atomic E-state index is 0.0646. The summed E-state index contributed by atoms with van der Waals surface area (Å²) in [5, 5.41) is 6.70. The van der Waals surface area contributed by atoms with Crippen molar-refractivity contribution in [2.75, 3.05) is 52.6 Å². The largest absolute Gasteiger partial charge is 0.379 e. The van der Waals surface area contributed by atoms with Crippen molar-refractivity contribution in [2.24, 2.45) is 9.85 Å². The van der Waals surface area contributed by atoms with Gasteiger partial charge in [0.15, 0.2) is 0 Å². The summed E-state index contributed by atoms with van der Waals surface area (Å²) < 4.78 is 21.5. The molecule has 2 fully saturated rings. The number of hydrogen-bond acceptors (Lipinski definition) is 5. The highest BCUT2D eigenvalue weighted by Crippen LogP contribution is 2.66. The van der Waals surface area contributed by atoms with Gasteiger partial charge in [-0.25, -0.2) is 4.74 Å². The van der Waals surface area contributed by atoms with Gasteiger partial charge in [-0.1, -0.05) is 26.8 Å². The maximum atomic E-state index is 5.63. The Balaban J connectivity index is 1.92. The van der Waals surface area contributed by atoms with E-state index in [4.69, 9.17) is 26.4 Å². The first kappa shape index (κ1) is 22.0. The van der Waals surface area contributed by atoms with Crippen molar-refractivity contribution in [3.63, 3.8) is 0 Å². The molecule has 0 aliphatic carbocycles. The topological polar surface area (TPSA) is 61.7 Å². The van der Waals surface area contributed by atoms with Crippen LogP contribution in [0.25, 0.3) is 0 Å². The molecule has 10 heteroatoms. The van der Waals surface area contributed by atoms with Crippen LogP contribution in [0.15, 0.2) is 27.4 Å². The highest BCUT2D eigenvalue weighted by atomic mass is 32.1. The molecule has 2 aliphatic heterocycles. The smallest absolute Gasteiger partial charge is 0.214 e. The Morgan fingerprint density at radius 2 is 1.71 bits per heavy atom. The zero-order chi connectivity index (χ0) is 20.0. The van der Waals surface area contributed by atoms with Gasteiger partial charge >= 0.3 is 0 Å². The van der Waals surface area contributed by atoms with Crippen molar-refractivity contribution < 1.29 is 9.47 Å². The van der Waals surface area contributed by atoms with Crippen LogP contribution in [0.4, 0.5) is 0 Å². The number of ether oxygens (including phenoxy) is 2. The third-order valence-electron chi connectivity index (χ3n) is 4.79. The van der Waals surface area contributed by atoms with Crippen LogP contribution >= 0.6 is 30.9 Å². The summed E-state index contributed by atoms with van der Waals surface area (Å²) in [4.78, 5) is 1.08. The van der Waals surface area contributed by atoms with Crippen molar-refractivity contribution in [1.29, 1.82) is 0 Å². The molecule has 156 valence electrons. The summed E-state index contributed by atoms with van der Waals surface area (Å²) in [5.41, 5.74) is 2.98. The number of rotatable bonds is 4. The standard InChI is InChI=1S/C18H30N5O2PS2/c1-18(2,3)26(22-6-10-24-11-7-22,23-8-12-25-13-9-23)21-17(27)20-19-15-16-5-4-14-28-16/h4-5,14-15H,6-13H2,1-3H3,(H,20,27)/b19-15-. The minimum Gasteiger partial charge on any atom is -0.379 e. The molecule has 0 atom stereocenters. The highest BCUT2D eigenvalue weighted by molar-refractivity contribution is 7.81. The molecule has 1 N–H and O–H groups in total. The number of nitrogens with zero attached hydrogens (tertiary/aromatic N) is 4. The van der Waals surface area contributed by atoms with Gasteiger partial charge in [-0.2, -0.15) is 5.10 Å². The quantitative estimate of drug-likeness (QED) is 0.333. The first-order valence-electron chi connectivity index (χ1n) is 9.59. The molecule has 0 aromatic carbocycles. The van der Waals surface area contributed by atoms with Crippen LogP contribution in [-0.2, 0) is 9.47 Å². The molecule has 1 aromatic rings. The van der Waals surface area contributed by atoms with Gasteiger partial charge in [0.2, 0.25) is 5.11 Å². The van der Waals surface area contributed by atoms with Crippen LogP contribution in [0.5, 0.6) is 0 Å². The Labute approximate surface area is 177 Å². The Hall–Kier alpha value is -0.670. The lowest BCUT2D eigenvalue weighted by Crippen LogP contribution is -2.48. The number of thiophene rings is 1. The Morgan fingerprint density at radius 1 is 1.14 bits per heavy atom. The molecule has 7 nitrogen and oxygen atoms in total. The van der Waals surface area contributed by atoms with Gasteiger partial charge in [-0.3, -0.25) is 14.8 Å². The molecule has 3 rings (SSSR count). The van der Waals surface area contributed by atoms with E-state index in [0.717, 1.165) is 57.5 Å². The summed E-state index contributed by atoms with van der Waals surface area (Å²) in [6.07, 6.45) is 1.78. The summed E-state index contributed by atoms with van der Waals surface area (Å²) in [6.45, 7) is 13.2. The van der Waals surface area contributed by atoms with Crippen LogP contribution < -0.4 is 5.43 Å². The molecule has 0 radical (unpaired) electrons. The van der Waals surface area contributed by atoms with E-state index in [1.54, 1.807) is 17.6 Å². The van der Waals surface area contributed by atoms with Crippen molar-refractivity contribution in [1.82, 2.24) is 14.8 Å². The molecule has 0 bridgehead atoms.